The summed E-state index contributed by atoms with van der Waals surface area (Å²) >= 11 is 0. The summed E-state index contributed by atoms with van der Waals surface area (Å²) < 4.78 is 52.8. The highest BCUT2D eigenvalue weighted by Crippen LogP contribution is 2.26. The number of hydrogen-bond donors (Lipinski definition) is 1. The average Bonchev–Trinajstić information content (AvgIpc) is 2.99. The molecule has 0 heterocycles. The van der Waals surface area contributed by atoms with Crippen LogP contribution < -0.4 is 19.1 Å². The molecular formula is C30H36FN3O6S. The van der Waals surface area contributed by atoms with Crippen LogP contribution in [0.5, 0.6) is 11.5 Å². The maximum absolute atomic E-state index is 14.0. The van der Waals surface area contributed by atoms with E-state index in [4.69, 9.17) is 9.47 Å². The molecule has 1 N–H and O–H groups in total. The molecule has 0 saturated carbocycles. The second-order valence-electron chi connectivity index (χ2n) is 9.25. The fourth-order valence-electron chi connectivity index (χ4n) is 4.22. The lowest BCUT2D eigenvalue weighted by Gasteiger charge is -2.33. The van der Waals surface area contributed by atoms with E-state index in [9.17, 15) is 22.4 Å². The van der Waals surface area contributed by atoms with Gasteiger partial charge in [-0.05, 0) is 79.1 Å². The van der Waals surface area contributed by atoms with Crippen molar-refractivity contribution in [1.29, 1.82) is 0 Å². The van der Waals surface area contributed by atoms with E-state index in [1.54, 1.807) is 38.3 Å². The van der Waals surface area contributed by atoms with Gasteiger partial charge in [0.05, 0.1) is 24.8 Å². The number of ether oxygens (including phenoxy) is 2. The van der Waals surface area contributed by atoms with Gasteiger partial charge in [0.15, 0.2) is 0 Å². The van der Waals surface area contributed by atoms with Crippen LogP contribution in [-0.4, -0.2) is 58.5 Å². The third kappa shape index (κ3) is 7.97. The van der Waals surface area contributed by atoms with Crippen LogP contribution >= 0.6 is 0 Å². The molecule has 11 heteroatoms. The van der Waals surface area contributed by atoms with Crippen molar-refractivity contribution >= 4 is 27.5 Å². The fraction of sp³-hybridized carbons (Fsp3) is 0.333. The molecule has 3 aromatic carbocycles. The van der Waals surface area contributed by atoms with Crippen LogP contribution in [0.25, 0.3) is 0 Å². The largest absolute Gasteiger partial charge is 0.497 e. The molecule has 41 heavy (non-hydrogen) atoms. The molecule has 0 saturated heterocycles. The van der Waals surface area contributed by atoms with Crippen molar-refractivity contribution in [2.24, 2.45) is 0 Å². The van der Waals surface area contributed by atoms with E-state index in [1.165, 1.54) is 48.4 Å². The van der Waals surface area contributed by atoms with Gasteiger partial charge in [0.2, 0.25) is 11.8 Å². The van der Waals surface area contributed by atoms with Crippen LogP contribution in [0, 0.1) is 5.82 Å². The molecule has 0 spiro atoms. The highest BCUT2D eigenvalue weighted by atomic mass is 32.2. The van der Waals surface area contributed by atoms with Gasteiger partial charge in [-0.3, -0.25) is 13.9 Å². The second kappa shape index (κ2) is 14.5. The van der Waals surface area contributed by atoms with Gasteiger partial charge in [-0.1, -0.05) is 26.0 Å². The Labute approximate surface area is 240 Å². The predicted octanol–water partition coefficient (Wildman–Crippen LogP) is 4.37. The van der Waals surface area contributed by atoms with E-state index >= 15 is 0 Å². The highest BCUT2D eigenvalue weighted by Gasteiger charge is 2.33. The van der Waals surface area contributed by atoms with Gasteiger partial charge in [0.1, 0.15) is 29.9 Å². The summed E-state index contributed by atoms with van der Waals surface area (Å²) in [6.07, 6.45) is 1.02. The van der Waals surface area contributed by atoms with E-state index in [2.05, 4.69) is 5.32 Å². The zero-order chi connectivity index (χ0) is 30.0. The van der Waals surface area contributed by atoms with E-state index in [-0.39, 0.29) is 23.0 Å². The molecule has 0 aromatic heterocycles. The molecule has 220 valence electrons. The number of anilines is 1. The minimum Gasteiger partial charge on any atom is -0.497 e. The molecule has 0 unspecified atom stereocenters. The average molecular weight is 586 g/mol. The zero-order valence-electron chi connectivity index (χ0n) is 23.7. The molecule has 3 aromatic rings. The summed E-state index contributed by atoms with van der Waals surface area (Å²) in [4.78, 5) is 28.4. The Hall–Kier alpha value is -4.12. The van der Waals surface area contributed by atoms with Crippen molar-refractivity contribution < 1.29 is 31.9 Å². The summed E-state index contributed by atoms with van der Waals surface area (Å²) in [5, 5.41) is 2.84. The van der Waals surface area contributed by atoms with E-state index < -0.39 is 34.3 Å². The number of methoxy groups -OCH3 is 2. The molecule has 1 atom stereocenters. The fourth-order valence-corrected chi connectivity index (χ4v) is 5.64. The lowest BCUT2D eigenvalue weighted by Crippen LogP contribution is -2.52. The number of amides is 2. The number of rotatable bonds is 14. The molecule has 0 aliphatic heterocycles. The normalized spacial score (nSPS) is 11.8. The molecule has 0 aliphatic carbocycles. The Morgan fingerprint density at radius 3 is 1.95 bits per heavy atom. The van der Waals surface area contributed by atoms with Gasteiger partial charge in [-0.2, -0.15) is 0 Å². The van der Waals surface area contributed by atoms with Crippen molar-refractivity contribution in [2.75, 3.05) is 31.6 Å². The summed E-state index contributed by atoms with van der Waals surface area (Å²) in [6, 6.07) is 16.8. The van der Waals surface area contributed by atoms with Gasteiger partial charge >= 0.3 is 0 Å². The number of nitrogens with one attached hydrogen (secondary N) is 1. The van der Waals surface area contributed by atoms with E-state index in [0.29, 0.717) is 30.9 Å². The second-order valence-corrected chi connectivity index (χ2v) is 11.1. The predicted molar refractivity (Wildman–Crippen MR) is 155 cm³/mol. The number of carbonyl (C=O) groups excluding carboxylic acids is 2. The Morgan fingerprint density at radius 1 is 0.878 bits per heavy atom. The van der Waals surface area contributed by atoms with Crippen molar-refractivity contribution in [3.8, 4) is 11.5 Å². The molecule has 0 radical (unpaired) electrons. The third-order valence-electron chi connectivity index (χ3n) is 6.49. The lowest BCUT2D eigenvalue weighted by molar-refractivity contribution is -0.140. The van der Waals surface area contributed by atoms with Gasteiger partial charge in [-0.15, -0.1) is 0 Å². The molecule has 9 nitrogen and oxygen atoms in total. The SMILES string of the molecule is CCCNC(=O)[C@@H](CC)N(Cc1ccc(OC)cc1)C(=O)CN(c1ccc(F)cc1)S(=O)(=O)c1ccc(OC)cc1. The molecule has 2 amide bonds. The standard InChI is InChI=1S/C30H36FN3O6S/c1-5-19-32-30(36)28(6-2)33(20-22-7-13-25(39-3)14-8-22)29(35)21-34(24-11-9-23(31)10-12-24)41(37,38)27-17-15-26(40-4)16-18-27/h7-18,28H,5-6,19-21H2,1-4H3,(H,32,36)/t28-/m1/s1. The van der Waals surface area contributed by atoms with Crippen molar-refractivity contribution in [2.45, 2.75) is 44.2 Å². The van der Waals surface area contributed by atoms with Crippen LogP contribution in [0.4, 0.5) is 10.1 Å². The Kier molecular flexibility index (Phi) is 11.1. The van der Waals surface area contributed by atoms with E-state index in [1.807, 2.05) is 6.92 Å². The quantitative estimate of drug-likeness (QED) is 0.301. The van der Waals surface area contributed by atoms with Crippen LogP contribution in [0.1, 0.15) is 32.3 Å². The first-order valence-corrected chi connectivity index (χ1v) is 14.7. The number of hydrogen-bond acceptors (Lipinski definition) is 6. The number of sulfonamides is 1. The first-order chi connectivity index (χ1) is 19.6. The van der Waals surface area contributed by atoms with Gasteiger partial charge in [0.25, 0.3) is 10.0 Å². The lowest BCUT2D eigenvalue weighted by atomic mass is 10.1. The molecule has 0 aliphatic rings. The minimum atomic E-state index is -4.28. The van der Waals surface area contributed by atoms with Gasteiger partial charge in [0, 0.05) is 13.1 Å². The summed E-state index contributed by atoms with van der Waals surface area (Å²) in [5.74, 6) is -0.389. The third-order valence-corrected chi connectivity index (χ3v) is 8.28. The van der Waals surface area contributed by atoms with Crippen LogP contribution in [0.15, 0.2) is 77.7 Å². The van der Waals surface area contributed by atoms with Crippen LogP contribution in [0.3, 0.4) is 0 Å². The van der Waals surface area contributed by atoms with Gasteiger partial charge in [-0.25, -0.2) is 12.8 Å². The molecule has 0 fully saturated rings. The number of halogens is 1. The Bertz CT molecular complexity index is 1400. The molecule has 3 rings (SSSR count). The Morgan fingerprint density at radius 2 is 1.44 bits per heavy atom. The van der Waals surface area contributed by atoms with Crippen molar-refractivity contribution in [3.05, 3.63) is 84.2 Å². The summed E-state index contributed by atoms with van der Waals surface area (Å²) in [7, 11) is -1.27. The number of nitrogens with zero attached hydrogens (tertiary/aromatic N) is 2. The topological polar surface area (TPSA) is 105 Å². The number of carbonyl (C=O) groups is 2. The van der Waals surface area contributed by atoms with Crippen molar-refractivity contribution in [3.63, 3.8) is 0 Å². The maximum atomic E-state index is 14.0. The first-order valence-electron chi connectivity index (χ1n) is 13.3. The zero-order valence-corrected chi connectivity index (χ0v) is 24.5. The maximum Gasteiger partial charge on any atom is 0.264 e. The highest BCUT2D eigenvalue weighted by molar-refractivity contribution is 7.92. The summed E-state index contributed by atoms with van der Waals surface area (Å²) in [6.45, 7) is 3.59. The summed E-state index contributed by atoms with van der Waals surface area (Å²) in [5.41, 5.74) is 0.829. The molecular weight excluding hydrogens is 549 g/mol. The van der Waals surface area contributed by atoms with Crippen LogP contribution in [-0.2, 0) is 26.2 Å². The van der Waals surface area contributed by atoms with Crippen molar-refractivity contribution in [1.82, 2.24) is 10.2 Å². The van der Waals surface area contributed by atoms with Gasteiger partial charge < -0.3 is 19.7 Å². The smallest absolute Gasteiger partial charge is 0.264 e. The monoisotopic (exact) mass is 585 g/mol. The number of benzene rings is 3. The van der Waals surface area contributed by atoms with Crippen LogP contribution in [0.2, 0.25) is 0 Å². The Balaban J connectivity index is 2.04. The van der Waals surface area contributed by atoms with E-state index in [0.717, 1.165) is 22.0 Å². The molecule has 0 bridgehead atoms. The minimum absolute atomic E-state index is 0.0563. The first kappa shape index (κ1) is 31.4.